The minimum Gasteiger partial charge on any atom is -0.380 e. The largest absolute Gasteiger partial charge is 0.380 e. The molecule has 0 amide bonds. The summed E-state index contributed by atoms with van der Waals surface area (Å²) in [4.78, 5) is 0. The summed E-state index contributed by atoms with van der Waals surface area (Å²) < 4.78 is 23.9. The minimum absolute atomic E-state index is 0.00812. The molecular formula is C11H13BrClNO2S. The molecule has 1 N–H and O–H groups in total. The molecule has 6 heteroatoms. The van der Waals surface area contributed by atoms with Gasteiger partial charge in [0.1, 0.15) is 0 Å². The maximum Gasteiger partial charge on any atom is 0.152 e. The van der Waals surface area contributed by atoms with Crippen LogP contribution < -0.4 is 5.32 Å². The molecule has 3 nitrogen and oxygen atoms in total. The fourth-order valence-electron chi connectivity index (χ4n) is 1.96. The van der Waals surface area contributed by atoms with Crippen LogP contribution in [-0.4, -0.2) is 26.0 Å². The summed E-state index contributed by atoms with van der Waals surface area (Å²) in [6, 6.07) is 5.42. The van der Waals surface area contributed by atoms with Gasteiger partial charge in [-0.15, -0.1) is 0 Å². The summed E-state index contributed by atoms with van der Waals surface area (Å²) in [5.41, 5.74) is 0.886. The molecule has 1 aromatic carbocycles. The van der Waals surface area contributed by atoms with Crippen LogP contribution in [0.4, 0.5) is 5.69 Å². The summed E-state index contributed by atoms with van der Waals surface area (Å²) in [5.74, 6) is 0.523. The highest BCUT2D eigenvalue weighted by Gasteiger charge is 2.24. The van der Waals surface area contributed by atoms with Gasteiger partial charge >= 0.3 is 0 Å². The van der Waals surface area contributed by atoms with Crippen LogP contribution in [0.5, 0.6) is 0 Å². The molecule has 1 aliphatic rings. The third-order valence-corrected chi connectivity index (χ3v) is 5.47. The molecule has 1 atom stereocenters. The maximum atomic E-state index is 11.5. The van der Waals surface area contributed by atoms with Crippen molar-refractivity contribution >= 4 is 43.1 Å². The fraction of sp³-hybridized carbons (Fsp3) is 0.455. The van der Waals surface area contributed by atoms with E-state index in [1.165, 1.54) is 0 Å². The monoisotopic (exact) mass is 337 g/mol. The van der Waals surface area contributed by atoms with Crippen molar-refractivity contribution in [3.05, 3.63) is 27.7 Å². The molecule has 0 radical (unpaired) electrons. The van der Waals surface area contributed by atoms with Crippen molar-refractivity contribution in [2.75, 3.05) is 16.8 Å². The molecule has 0 saturated carbocycles. The van der Waals surface area contributed by atoms with Gasteiger partial charge in [0, 0.05) is 21.2 Å². The zero-order chi connectivity index (χ0) is 12.5. The van der Waals surface area contributed by atoms with Crippen LogP contribution in [0.2, 0.25) is 5.02 Å². The van der Waals surface area contributed by atoms with E-state index < -0.39 is 9.84 Å². The molecule has 0 aliphatic carbocycles. The zero-order valence-electron chi connectivity index (χ0n) is 9.12. The predicted octanol–water partition coefficient (Wildman–Crippen LogP) is 3.09. The van der Waals surface area contributed by atoms with Gasteiger partial charge < -0.3 is 5.32 Å². The number of nitrogens with one attached hydrogen (secondary N) is 1. The van der Waals surface area contributed by atoms with Crippen molar-refractivity contribution in [1.29, 1.82) is 0 Å². The quantitative estimate of drug-likeness (QED) is 0.901. The van der Waals surface area contributed by atoms with E-state index >= 15 is 0 Å². The van der Waals surface area contributed by atoms with Gasteiger partial charge in [-0.1, -0.05) is 11.6 Å². The highest BCUT2D eigenvalue weighted by molar-refractivity contribution is 9.10. The van der Waals surface area contributed by atoms with Crippen LogP contribution in [-0.2, 0) is 9.84 Å². The van der Waals surface area contributed by atoms with Crippen LogP contribution in [0.1, 0.15) is 12.8 Å². The van der Waals surface area contributed by atoms with Gasteiger partial charge in [-0.3, -0.25) is 0 Å². The molecular weight excluding hydrogens is 326 g/mol. The summed E-state index contributed by atoms with van der Waals surface area (Å²) in [6.45, 7) is 0. The number of benzene rings is 1. The summed E-state index contributed by atoms with van der Waals surface area (Å²) in [7, 11) is -2.88. The standard InChI is InChI=1S/C11H13BrClNO2S/c12-10-6-8(13)3-4-11(10)14-9-2-1-5-17(15,16)7-9/h3-4,6,9,14H,1-2,5,7H2. The average Bonchev–Trinajstić information content (AvgIpc) is 2.21. The normalized spacial score (nSPS) is 23.3. The molecule has 1 heterocycles. The van der Waals surface area contributed by atoms with E-state index in [4.69, 9.17) is 11.6 Å². The molecule has 1 unspecified atom stereocenters. The van der Waals surface area contributed by atoms with Crippen LogP contribution in [0, 0.1) is 0 Å². The van der Waals surface area contributed by atoms with Gasteiger partial charge in [0.05, 0.1) is 11.5 Å². The lowest BCUT2D eigenvalue weighted by molar-refractivity contribution is 0.562. The Morgan fingerprint density at radius 1 is 1.41 bits per heavy atom. The third-order valence-electron chi connectivity index (χ3n) is 2.75. The second-order valence-electron chi connectivity index (χ2n) is 4.22. The number of halogens is 2. The van der Waals surface area contributed by atoms with Crippen molar-refractivity contribution in [3.8, 4) is 0 Å². The van der Waals surface area contributed by atoms with Gasteiger partial charge in [-0.05, 0) is 47.0 Å². The Labute approximate surface area is 115 Å². The summed E-state index contributed by atoms with van der Waals surface area (Å²) in [5, 5.41) is 3.90. The van der Waals surface area contributed by atoms with Gasteiger partial charge in [0.25, 0.3) is 0 Å². The van der Waals surface area contributed by atoms with E-state index in [0.717, 1.165) is 23.0 Å². The van der Waals surface area contributed by atoms with E-state index in [-0.39, 0.29) is 11.8 Å². The van der Waals surface area contributed by atoms with E-state index in [9.17, 15) is 8.42 Å². The van der Waals surface area contributed by atoms with Crippen molar-refractivity contribution in [1.82, 2.24) is 0 Å². The number of hydrogen-bond donors (Lipinski definition) is 1. The van der Waals surface area contributed by atoms with Crippen LogP contribution in [0.3, 0.4) is 0 Å². The van der Waals surface area contributed by atoms with Crippen LogP contribution in [0.15, 0.2) is 22.7 Å². The Balaban J connectivity index is 2.10. The molecule has 0 aromatic heterocycles. The Morgan fingerprint density at radius 2 is 2.18 bits per heavy atom. The fourth-order valence-corrected chi connectivity index (χ4v) is 4.40. The molecule has 2 rings (SSSR count). The van der Waals surface area contributed by atoms with Crippen LogP contribution >= 0.6 is 27.5 Å². The molecule has 0 bridgehead atoms. The smallest absolute Gasteiger partial charge is 0.152 e. The van der Waals surface area contributed by atoms with Crippen molar-refractivity contribution in [2.45, 2.75) is 18.9 Å². The molecule has 1 aliphatic heterocycles. The molecule has 17 heavy (non-hydrogen) atoms. The van der Waals surface area contributed by atoms with Crippen LogP contribution in [0.25, 0.3) is 0 Å². The van der Waals surface area contributed by atoms with Crippen molar-refractivity contribution in [2.24, 2.45) is 0 Å². The second kappa shape index (κ2) is 5.16. The van der Waals surface area contributed by atoms with E-state index in [1.807, 2.05) is 6.07 Å². The molecule has 1 fully saturated rings. The first kappa shape index (κ1) is 13.2. The number of sulfone groups is 1. The predicted molar refractivity (Wildman–Crippen MR) is 74.5 cm³/mol. The Bertz CT molecular complexity index is 518. The second-order valence-corrected chi connectivity index (χ2v) is 7.74. The van der Waals surface area contributed by atoms with Gasteiger partial charge in [-0.2, -0.15) is 0 Å². The highest BCUT2D eigenvalue weighted by atomic mass is 79.9. The topological polar surface area (TPSA) is 46.2 Å². The van der Waals surface area contributed by atoms with E-state index in [1.54, 1.807) is 12.1 Å². The van der Waals surface area contributed by atoms with E-state index in [2.05, 4.69) is 21.2 Å². The molecule has 0 spiro atoms. The number of hydrogen-bond acceptors (Lipinski definition) is 3. The number of anilines is 1. The summed E-state index contributed by atoms with van der Waals surface area (Å²) >= 11 is 9.26. The third kappa shape index (κ3) is 3.60. The Hall–Kier alpha value is -0.260. The minimum atomic E-state index is -2.88. The molecule has 94 valence electrons. The lowest BCUT2D eigenvalue weighted by Gasteiger charge is -2.24. The molecule has 1 aromatic rings. The lowest BCUT2D eigenvalue weighted by Crippen LogP contribution is -2.34. The first-order valence-electron chi connectivity index (χ1n) is 5.38. The SMILES string of the molecule is O=S1(=O)CCCC(Nc2ccc(Cl)cc2Br)C1. The van der Waals surface area contributed by atoms with Gasteiger partial charge in [0.15, 0.2) is 9.84 Å². The number of rotatable bonds is 2. The molecule has 1 saturated heterocycles. The highest BCUT2D eigenvalue weighted by Crippen LogP contribution is 2.27. The van der Waals surface area contributed by atoms with Crippen molar-refractivity contribution < 1.29 is 8.42 Å². The van der Waals surface area contributed by atoms with Gasteiger partial charge in [0.2, 0.25) is 0 Å². The average molecular weight is 339 g/mol. The van der Waals surface area contributed by atoms with Crippen molar-refractivity contribution in [3.63, 3.8) is 0 Å². The first-order chi connectivity index (χ1) is 7.96. The maximum absolute atomic E-state index is 11.5. The Kier molecular flexibility index (Phi) is 4.00. The zero-order valence-corrected chi connectivity index (χ0v) is 12.3. The first-order valence-corrected chi connectivity index (χ1v) is 8.37. The summed E-state index contributed by atoms with van der Waals surface area (Å²) in [6.07, 6.45) is 1.61. The van der Waals surface area contributed by atoms with Gasteiger partial charge in [-0.25, -0.2) is 8.42 Å². The lowest BCUT2D eigenvalue weighted by atomic mass is 10.2. The Morgan fingerprint density at radius 3 is 2.82 bits per heavy atom. The van der Waals surface area contributed by atoms with E-state index in [0.29, 0.717) is 10.8 Å².